The second-order valence-corrected chi connectivity index (χ2v) is 5.02. The highest BCUT2D eigenvalue weighted by Gasteiger charge is 2.26. The van der Waals surface area contributed by atoms with E-state index in [-0.39, 0.29) is 0 Å². The first kappa shape index (κ1) is 10.8. The fourth-order valence-corrected chi connectivity index (χ4v) is 2.25. The van der Waals surface area contributed by atoms with Gasteiger partial charge in [-0.2, -0.15) is 0 Å². The maximum Gasteiger partial charge on any atom is 0.0455 e. The van der Waals surface area contributed by atoms with Crippen LogP contribution in [0.1, 0.15) is 25.3 Å². The summed E-state index contributed by atoms with van der Waals surface area (Å²) >= 11 is 6.07. The number of anilines is 1. The Morgan fingerprint density at radius 3 is 2.80 bits per heavy atom. The highest BCUT2D eigenvalue weighted by Crippen LogP contribution is 2.34. The van der Waals surface area contributed by atoms with E-state index >= 15 is 0 Å². The zero-order valence-electron chi connectivity index (χ0n) is 9.39. The third-order valence-corrected chi connectivity index (χ3v) is 4.03. The summed E-state index contributed by atoms with van der Waals surface area (Å²) in [7, 11) is 0. The quantitative estimate of drug-likeness (QED) is 0.814. The summed E-state index contributed by atoms with van der Waals surface area (Å²) in [4.78, 5) is 0. The first-order valence-corrected chi connectivity index (χ1v) is 6.05. The molecule has 0 amide bonds. The van der Waals surface area contributed by atoms with Crippen molar-refractivity contribution in [3.05, 3.63) is 28.8 Å². The van der Waals surface area contributed by atoms with Crippen LogP contribution in [0.4, 0.5) is 5.69 Å². The lowest BCUT2D eigenvalue weighted by Crippen LogP contribution is -2.29. The second kappa shape index (κ2) is 4.44. The Labute approximate surface area is 96.8 Å². The van der Waals surface area contributed by atoms with Gasteiger partial charge in [0.15, 0.2) is 0 Å². The molecule has 2 heteroatoms. The van der Waals surface area contributed by atoms with E-state index in [0.29, 0.717) is 0 Å². The van der Waals surface area contributed by atoms with Crippen LogP contribution in [0.2, 0.25) is 5.02 Å². The van der Waals surface area contributed by atoms with Crippen LogP contribution in [0.15, 0.2) is 18.2 Å². The molecule has 1 N–H and O–H groups in total. The third-order valence-electron chi connectivity index (χ3n) is 3.62. The van der Waals surface area contributed by atoms with Crippen LogP contribution in [0.3, 0.4) is 0 Å². The lowest BCUT2D eigenvalue weighted by Gasteiger charge is -2.34. The predicted octanol–water partition coefficient (Wildman–Crippen LogP) is 4.11. The van der Waals surface area contributed by atoms with E-state index in [1.165, 1.54) is 18.5 Å². The van der Waals surface area contributed by atoms with Crippen molar-refractivity contribution >= 4 is 17.3 Å². The van der Waals surface area contributed by atoms with Gasteiger partial charge in [-0.1, -0.05) is 31.0 Å². The van der Waals surface area contributed by atoms with Crippen LogP contribution in [0.25, 0.3) is 0 Å². The molecule has 82 valence electrons. The molecule has 0 aliphatic heterocycles. The van der Waals surface area contributed by atoms with Crippen LogP contribution >= 0.6 is 11.6 Å². The number of halogens is 1. The van der Waals surface area contributed by atoms with Crippen molar-refractivity contribution in [3.8, 4) is 0 Å². The molecule has 0 unspecified atom stereocenters. The minimum absolute atomic E-state index is 0.849. The number of nitrogens with one attached hydrogen (secondary N) is 1. The molecule has 1 saturated carbocycles. The summed E-state index contributed by atoms with van der Waals surface area (Å²) in [5, 5.41) is 4.35. The maximum absolute atomic E-state index is 6.07. The lowest BCUT2D eigenvalue weighted by atomic mass is 9.75. The van der Waals surface area contributed by atoms with E-state index in [4.69, 9.17) is 11.6 Å². The van der Waals surface area contributed by atoms with E-state index in [9.17, 15) is 0 Å². The van der Waals surface area contributed by atoms with Crippen molar-refractivity contribution in [3.63, 3.8) is 0 Å². The molecule has 1 nitrogen and oxygen atoms in total. The van der Waals surface area contributed by atoms with Gasteiger partial charge in [0.05, 0.1) is 0 Å². The smallest absolute Gasteiger partial charge is 0.0455 e. The fraction of sp³-hybridized carbons (Fsp3) is 0.538. The molecule has 0 aromatic heterocycles. The van der Waals surface area contributed by atoms with E-state index in [1.807, 2.05) is 12.1 Å². The summed E-state index contributed by atoms with van der Waals surface area (Å²) in [5.41, 5.74) is 2.34. The predicted molar refractivity (Wildman–Crippen MR) is 66.6 cm³/mol. The zero-order chi connectivity index (χ0) is 10.8. The Balaban J connectivity index is 1.96. The molecule has 0 bridgehead atoms. The molecule has 0 spiro atoms. The highest BCUT2D eigenvalue weighted by molar-refractivity contribution is 6.31. The van der Waals surface area contributed by atoms with E-state index in [0.717, 1.165) is 29.0 Å². The van der Waals surface area contributed by atoms with Crippen molar-refractivity contribution in [2.75, 3.05) is 11.9 Å². The van der Waals surface area contributed by atoms with Crippen molar-refractivity contribution in [1.29, 1.82) is 0 Å². The molecule has 2 rings (SSSR count). The first-order chi connectivity index (χ1) is 7.18. The van der Waals surface area contributed by atoms with Gasteiger partial charge in [0.25, 0.3) is 0 Å². The van der Waals surface area contributed by atoms with Crippen molar-refractivity contribution in [2.24, 2.45) is 11.8 Å². The largest absolute Gasteiger partial charge is 0.385 e. The van der Waals surface area contributed by atoms with Crippen molar-refractivity contribution < 1.29 is 0 Å². The minimum Gasteiger partial charge on any atom is -0.385 e. The van der Waals surface area contributed by atoms with Gasteiger partial charge in [0, 0.05) is 17.3 Å². The number of rotatable bonds is 3. The molecule has 1 aliphatic carbocycles. The van der Waals surface area contributed by atoms with Crippen LogP contribution in [-0.2, 0) is 0 Å². The molecule has 15 heavy (non-hydrogen) atoms. The molecule has 1 aromatic rings. The normalized spacial score (nSPS) is 24.7. The Bertz CT molecular complexity index is 348. The van der Waals surface area contributed by atoms with Crippen LogP contribution in [-0.4, -0.2) is 6.54 Å². The Morgan fingerprint density at radius 2 is 2.20 bits per heavy atom. The number of benzene rings is 1. The summed E-state index contributed by atoms with van der Waals surface area (Å²) < 4.78 is 0. The van der Waals surface area contributed by atoms with E-state index < -0.39 is 0 Å². The molecule has 1 aromatic carbocycles. The lowest BCUT2D eigenvalue weighted by molar-refractivity contribution is 0.210. The Hall–Kier alpha value is -0.690. The van der Waals surface area contributed by atoms with Gasteiger partial charge in [-0.3, -0.25) is 0 Å². The van der Waals surface area contributed by atoms with Crippen molar-refractivity contribution in [2.45, 2.75) is 26.7 Å². The van der Waals surface area contributed by atoms with Crippen LogP contribution in [0.5, 0.6) is 0 Å². The molecule has 0 saturated heterocycles. The molecular weight excluding hydrogens is 206 g/mol. The third kappa shape index (κ3) is 2.28. The van der Waals surface area contributed by atoms with E-state index in [2.05, 4.69) is 25.2 Å². The van der Waals surface area contributed by atoms with Gasteiger partial charge in [-0.15, -0.1) is 0 Å². The molecular formula is C13H18ClN. The van der Waals surface area contributed by atoms with Gasteiger partial charge in [0.2, 0.25) is 0 Å². The SMILES string of the molecule is Cc1c(Cl)cccc1NC[C@@H]1CC[C@H]1C. The average Bonchev–Trinajstić information content (AvgIpc) is 2.22. The molecule has 1 fully saturated rings. The topological polar surface area (TPSA) is 12.0 Å². The molecule has 0 heterocycles. The molecule has 0 radical (unpaired) electrons. The first-order valence-electron chi connectivity index (χ1n) is 5.67. The number of hydrogen-bond acceptors (Lipinski definition) is 1. The molecule has 1 aliphatic rings. The molecule has 2 atom stereocenters. The second-order valence-electron chi connectivity index (χ2n) is 4.61. The summed E-state index contributed by atoms with van der Waals surface area (Å²) in [6.07, 6.45) is 2.76. The zero-order valence-corrected chi connectivity index (χ0v) is 10.1. The number of hydrogen-bond donors (Lipinski definition) is 1. The summed E-state index contributed by atoms with van der Waals surface area (Å²) in [6, 6.07) is 6.04. The highest BCUT2D eigenvalue weighted by atomic mass is 35.5. The van der Waals surface area contributed by atoms with Gasteiger partial charge in [-0.25, -0.2) is 0 Å². The average molecular weight is 224 g/mol. The summed E-state index contributed by atoms with van der Waals surface area (Å²) in [5.74, 6) is 1.74. The van der Waals surface area contributed by atoms with Gasteiger partial charge < -0.3 is 5.32 Å². The van der Waals surface area contributed by atoms with Gasteiger partial charge in [0.1, 0.15) is 0 Å². The standard InChI is InChI=1S/C13H18ClN/c1-9-6-7-11(9)8-15-13-5-3-4-12(14)10(13)2/h3-5,9,11,15H,6-8H2,1-2H3/t9-,11+/m1/s1. The van der Waals surface area contributed by atoms with Crippen molar-refractivity contribution in [1.82, 2.24) is 0 Å². The fourth-order valence-electron chi connectivity index (χ4n) is 2.08. The van der Waals surface area contributed by atoms with Gasteiger partial charge >= 0.3 is 0 Å². The minimum atomic E-state index is 0.849. The summed E-state index contributed by atoms with van der Waals surface area (Å²) in [6.45, 7) is 5.48. The Morgan fingerprint density at radius 1 is 1.40 bits per heavy atom. The van der Waals surface area contributed by atoms with Crippen LogP contribution < -0.4 is 5.32 Å². The van der Waals surface area contributed by atoms with E-state index in [1.54, 1.807) is 0 Å². The monoisotopic (exact) mass is 223 g/mol. The maximum atomic E-state index is 6.07. The van der Waals surface area contributed by atoms with Crippen LogP contribution in [0, 0.1) is 18.8 Å². The van der Waals surface area contributed by atoms with Gasteiger partial charge in [-0.05, 0) is 42.9 Å². The Kier molecular flexibility index (Phi) is 3.20.